The van der Waals surface area contributed by atoms with E-state index in [0.29, 0.717) is 23.6 Å². The van der Waals surface area contributed by atoms with Crippen LogP contribution in [0, 0.1) is 0 Å². The lowest BCUT2D eigenvalue weighted by Gasteiger charge is -2.10. The van der Waals surface area contributed by atoms with Crippen LogP contribution in [0.25, 0.3) is 0 Å². The standard InChI is InChI=1S/C17H16ClNO3/c1-22-17(21)14-11-13(18)8-9-15(14)19-16(20)10-7-12-5-3-2-4-6-12/h2-6,8-9,11H,7,10H2,1H3,(H,19,20). The maximum absolute atomic E-state index is 12.0. The molecule has 2 aromatic rings. The van der Waals surface area contributed by atoms with Gasteiger partial charge in [0.05, 0.1) is 18.4 Å². The molecule has 0 unspecified atom stereocenters. The average Bonchev–Trinajstić information content (AvgIpc) is 2.55. The number of carbonyl (C=O) groups excluding carboxylic acids is 2. The minimum absolute atomic E-state index is 0.170. The van der Waals surface area contributed by atoms with Crippen LogP contribution in [0.2, 0.25) is 5.02 Å². The molecule has 0 spiro atoms. The third-order valence-electron chi connectivity index (χ3n) is 3.14. The Balaban J connectivity index is 2.03. The van der Waals surface area contributed by atoms with Gasteiger partial charge in [-0.15, -0.1) is 0 Å². The van der Waals surface area contributed by atoms with Gasteiger partial charge in [0.2, 0.25) is 5.91 Å². The SMILES string of the molecule is COC(=O)c1cc(Cl)ccc1NC(=O)CCc1ccccc1. The summed E-state index contributed by atoms with van der Waals surface area (Å²) in [5.74, 6) is -0.711. The third kappa shape index (κ3) is 4.33. The quantitative estimate of drug-likeness (QED) is 0.855. The largest absolute Gasteiger partial charge is 0.465 e. The van der Waals surface area contributed by atoms with E-state index in [9.17, 15) is 9.59 Å². The van der Waals surface area contributed by atoms with Crippen LogP contribution >= 0.6 is 11.6 Å². The van der Waals surface area contributed by atoms with Crippen molar-refractivity contribution >= 4 is 29.2 Å². The Morgan fingerprint density at radius 1 is 1.14 bits per heavy atom. The Kier molecular flexibility index (Phi) is 5.55. The van der Waals surface area contributed by atoms with Crippen molar-refractivity contribution in [2.24, 2.45) is 0 Å². The zero-order chi connectivity index (χ0) is 15.9. The number of halogens is 1. The molecule has 114 valence electrons. The number of methoxy groups -OCH3 is 1. The third-order valence-corrected chi connectivity index (χ3v) is 3.38. The van der Waals surface area contributed by atoms with E-state index in [-0.39, 0.29) is 11.5 Å². The summed E-state index contributed by atoms with van der Waals surface area (Å²) >= 11 is 5.88. The molecule has 0 aliphatic heterocycles. The second-order valence-electron chi connectivity index (χ2n) is 4.72. The molecule has 1 N–H and O–H groups in total. The molecule has 0 saturated carbocycles. The first kappa shape index (κ1) is 16.0. The number of benzene rings is 2. The molecular formula is C17H16ClNO3. The van der Waals surface area contributed by atoms with Crippen molar-refractivity contribution < 1.29 is 14.3 Å². The van der Waals surface area contributed by atoms with Gasteiger partial charge in [-0.1, -0.05) is 41.9 Å². The van der Waals surface area contributed by atoms with Crippen molar-refractivity contribution in [3.05, 3.63) is 64.7 Å². The maximum atomic E-state index is 12.0. The van der Waals surface area contributed by atoms with Crippen molar-refractivity contribution in [2.75, 3.05) is 12.4 Å². The number of anilines is 1. The highest BCUT2D eigenvalue weighted by atomic mass is 35.5. The average molecular weight is 318 g/mol. The molecule has 1 amide bonds. The molecular weight excluding hydrogens is 302 g/mol. The number of ether oxygens (including phenoxy) is 1. The van der Waals surface area contributed by atoms with Crippen LogP contribution in [0.5, 0.6) is 0 Å². The van der Waals surface area contributed by atoms with Gasteiger partial charge in [-0.2, -0.15) is 0 Å². The van der Waals surface area contributed by atoms with Gasteiger partial charge in [-0.05, 0) is 30.2 Å². The Bertz CT molecular complexity index is 671. The Hall–Kier alpha value is -2.33. The topological polar surface area (TPSA) is 55.4 Å². The summed E-state index contributed by atoms with van der Waals surface area (Å²) in [5, 5.41) is 3.13. The molecule has 22 heavy (non-hydrogen) atoms. The van der Waals surface area contributed by atoms with Crippen LogP contribution < -0.4 is 5.32 Å². The summed E-state index contributed by atoms with van der Waals surface area (Å²) in [7, 11) is 1.28. The predicted molar refractivity (Wildman–Crippen MR) is 86.2 cm³/mol. The lowest BCUT2D eigenvalue weighted by molar-refractivity contribution is -0.116. The smallest absolute Gasteiger partial charge is 0.340 e. The molecule has 0 bridgehead atoms. The maximum Gasteiger partial charge on any atom is 0.340 e. The van der Waals surface area contributed by atoms with Crippen LogP contribution in [-0.2, 0) is 16.0 Å². The van der Waals surface area contributed by atoms with Gasteiger partial charge in [0.15, 0.2) is 0 Å². The molecule has 0 aliphatic carbocycles. The van der Waals surface area contributed by atoms with Gasteiger partial charge >= 0.3 is 5.97 Å². The lowest BCUT2D eigenvalue weighted by atomic mass is 10.1. The van der Waals surface area contributed by atoms with Crippen molar-refractivity contribution in [3.63, 3.8) is 0 Å². The summed E-state index contributed by atoms with van der Waals surface area (Å²) in [6, 6.07) is 14.4. The summed E-state index contributed by atoms with van der Waals surface area (Å²) in [4.78, 5) is 23.8. The molecule has 0 aromatic heterocycles. The molecule has 0 radical (unpaired) electrons. The van der Waals surface area contributed by atoms with E-state index in [0.717, 1.165) is 5.56 Å². The first-order valence-electron chi connectivity index (χ1n) is 6.82. The summed E-state index contributed by atoms with van der Waals surface area (Å²) in [5.41, 5.74) is 1.72. The van der Waals surface area contributed by atoms with Gasteiger partial charge in [0.25, 0.3) is 0 Å². The molecule has 0 aliphatic rings. The number of carbonyl (C=O) groups is 2. The van der Waals surface area contributed by atoms with E-state index in [2.05, 4.69) is 5.32 Å². The molecule has 2 rings (SSSR count). The highest BCUT2D eigenvalue weighted by Crippen LogP contribution is 2.22. The number of aryl methyl sites for hydroxylation is 1. The van der Waals surface area contributed by atoms with Crippen LogP contribution in [0.3, 0.4) is 0 Å². The second-order valence-corrected chi connectivity index (χ2v) is 5.15. The summed E-state index contributed by atoms with van der Waals surface area (Å²) < 4.78 is 4.69. The minimum atomic E-state index is -0.541. The fraction of sp³-hybridized carbons (Fsp3) is 0.176. The lowest BCUT2D eigenvalue weighted by Crippen LogP contribution is -2.15. The predicted octanol–water partition coefficient (Wildman–Crippen LogP) is 3.70. The van der Waals surface area contributed by atoms with Gasteiger partial charge < -0.3 is 10.1 Å². The first-order valence-corrected chi connectivity index (χ1v) is 7.19. The molecule has 0 heterocycles. The second kappa shape index (κ2) is 7.61. The van der Waals surface area contributed by atoms with Crippen LogP contribution in [0.4, 0.5) is 5.69 Å². The van der Waals surface area contributed by atoms with Gasteiger partial charge in [0.1, 0.15) is 0 Å². The summed E-state index contributed by atoms with van der Waals surface area (Å²) in [6.07, 6.45) is 0.959. The Labute approximate surface area is 134 Å². The van der Waals surface area contributed by atoms with Gasteiger partial charge in [-0.25, -0.2) is 4.79 Å². The molecule has 2 aromatic carbocycles. The molecule has 4 nitrogen and oxygen atoms in total. The normalized spacial score (nSPS) is 10.1. The minimum Gasteiger partial charge on any atom is -0.465 e. The van der Waals surface area contributed by atoms with Crippen LogP contribution in [0.1, 0.15) is 22.3 Å². The number of hydrogen-bond acceptors (Lipinski definition) is 3. The number of rotatable bonds is 5. The fourth-order valence-corrected chi connectivity index (χ4v) is 2.19. The Morgan fingerprint density at radius 3 is 2.55 bits per heavy atom. The van der Waals surface area contributed by atoms with E-state index in [1.807, 2.05) is 30.3 Å². The molecule has 0 saturated heterocycles. The van der Waals surface area contributed by atoms with Crippen molar-refractivity contribution in [3.8, 4) is 0 Å². The van der Waals surface area contributed by atoms with Gasteiger partial charge in [-0.3, -0.25) is 4.79 Å². The van der Waals surface area contributed by atoms with Crippen LogP contribution in [-0.4, -0.2) is 19.0 Å². The summed E-state index contributed by atoms with van der Waals surface area (Å²) in [6.45, 7) is 0. The highest BCUT2D eigenvalue weighted by Gasteiger charge is 2.14. The zero-order valence-electron chi connectivity index (χ0n) is 12.1. The molecule has 5 heteroatoms. The number of esters is 1. The Morgan fingerprint density at radius 2 is 1.86 bits per heavy atom. The number of amides is 1. The van der Waals surface area contributed by atoms with Crippen molar-refractivity contribution in [1.29, 1.82) is 0 Å². The number of hydrogen-bond donors (Lipinski definition) is 1. The van der Waals surface area contributed by atoms with Crippen LogP contribution in [0.15, 0.2) is 48.5 Å². The van der Waals surface area contributed by atoms with Gasteiger partial charge in [0, 0.05) is 11.4 Å². The first-order chi connectivity index (χ1) is 10.6. The van der Waals surface area contributed by atoms with Crippen molar-refractivity contribution in [1.82, 2.24) is 0 Å². The zero-order valence-corrected chi connectivity index (χ0v) is 12.9. The molecule has 0 atom stereocenters. The van der Waals surface area contributed by atoms with E-state index >= 15 is 0 Å². The number of nitrogens with one attached hydrogen (secondary N) is 1. The molecule has 0 fully saturated rings. The van der Waals surface area contributed by atoms with E-state index in [1.54, 1.807) is 12.1 Å². The monoisotopic (exact) mass is 317 g/mol. The van der Waals surface area contributed by atoms with Crippen molar-refractivity contribution in [2.45, 2.75) is 12.8 Å². The van der Waals surface area contributed by atoms with E-state index in [4.69, 9.17) is 16.3 Å². The van der Waals surface area contributed by atoms with E-state index in [1.165, 1.54) is 13.2 Å². The van der Waals surface area contributed by atoms with E-state index < -0.39 is 5.97 Å². The fourth-order valence-electron chi connectivity index (χ4n) is 2.02. The highest BCUT2D eigenvalue weighted by molar-refractivity contribution is 6.31.